The molecule has 6 atom stereocenters. The van der Waals surface area contributed by atoms with Gasteiger partial charge in [0.25, 0.3) is 0 Å². The van der Waals surface area contributed by atoms with Crippen molar-refractivity contribution in [1.29, 1.82) is 0 Å². The van der Waals surface area contributed by atoms with E-state index < -0.39 is 0 Å². The first-order chi connectivity index (χ1) is 14.4. The highest BCUT2D eigenvalue weighted by Gasteiger charge is 2.57. The largest absolute Gasteiger partial charge is 0.393 e. The normalized spacial score (nSPS) is 42.0. The zero-order chi connectivity index (χ0) is 20.9. The van der Waals surface area contributed by atoms with E-state index in [2.05, 4.69) is 30.1 Å². The van der Waals surface area contributed by atoms with Crippen LogP contribution in [0.25, 0.3) is 0 Å². The van der Waals surface area contributed by atoms with E-state index in [0.29, 0.717) is 5.92 Å². The lowest BCUT2D eigenvalue weighted by Crippen LogP contribution is -2.50. The average molecular weight is 409 g/mol. The van der Waals surface area contributed by atoms with Crippen LogP contribution in [0.15, 0.2) is 46.1 Å². The molecule has 0 aliphatic heterocycles. The number of hydrogen-bond donors (Lipinski definition) is 1. The standard InChI is InChI=1S/C26H33FN2O/c1-25-13-11-20(30)15-18(25)5-8-21-22-9-10-24(26(22,2)14-12-23(21)25)29-28-16-17-3-6-19(27)7-4-17/h3-7,16,20-23,30H,8-15H2,1-2H3/t20-,21-,22-,23-,25-,26-/m0/s1. The Bertz CT molecular complexity index is 904. The highest BCUT2D eigenvalue weighted by Crippen LogP contribution is 2.64. The number of allylic oxidation sites excluding steroid dienone is 1. The van der Waals surface area contributed by atoms with Crippen molar-refractivity contribution < 1.29 is 9.50 Å². The van der Waals surface area contributed by atoms with Crippen molar-refractivity contribution in [2.24, 2.45) is 38.8 Å². The Hall–Kier alpha value is -1.81. The van der Waals surface area contributed by atoms with Crippen LogP contribution in [0, 0.1) is 34.4 Å². The summed E-state index contributed by atoms with van der Waals surface area (Å²) < 4.78 is 13.1. The molecule has 0 radical (unpaired) electrons. The van der Waals surface area contributed by atoms with E-state index in [-0.39, 0.29) is 22.8 Å². The van der Waals surface area contributed by atoms with Crippen molar-refractivity contribution in [3.05, 3.63) is 47.3 Å². The van der Waals surface area contributed by atoms with Crippen LogP contribution in [0.3, 0.4) is 0 Å². The van der Waals surface area contributed by atoms with Crippen molar-refractivity contribution in [3.63, 3.8) is 0 Å². The summed E-state index contributed by atoms with van der Waals surface area (Å²) in [5.41, 5.74) is 4.09. The summed E-state index contributed by atoms with van der Waals surface area (Å²) in [5, 5.41) is 19.2. The second-order valence-electron chi connectivity index (χ2n) is 10.5. The molecule has 3 fully saturated rings. The molecule has 3 saturated carbocycles. The first-order valence-corrected chi connectivity index (χ1v) is 11.6. The predicted octanol–water partition coefficient (Wildman–Crippen LogP) is 5.92. The van der Waals surface area contributed by atoms with E-state index in [1.54, 1.807) is 18.3 Å². The monoisotopic (exact) mass is 408 g/mol. The molecule has 0 bridgehead atoms. The van der Waals surface area contributed by atoms with Gasteiger partial charge in [-0.1, -0.05) is 37.6 Å². The zero-order valence-corrected chi connectivity index (χ0v) is 18.1. The number of nitrogens with zero attached hydrogens (tertiary/aromatic N) is 2. The first-order valence-electron chi connectivity index (χ1n) is 11.6. The van der Waals surface area contributed by atoms with Crippen LogP contribution in [0.5, 0.6) is 0 Å². The van der Waals surface area contributed by atoms with Gasteiger partial charge < -0.3 is 5.11 Å². The molecule has 1 aromatic rings. The third-order valence-electron chi connectivity index (χ3n) is 9.07. The van der Waals surface area contributed by atoms with E-state index in [9.17, 15) is 9.50 Å². The summed E-state index contributed by atoms with van der Waals surface area (Å²) in [7, 11) is 0. The summed E-state index contributed by atoms with van der Waals surface area (Å²) in [6.45, 7) is 4.89. The quantitative estimate of drug-likeness (QED) is 0.368. The fourth-order valence-electron chi connectivity index (χ4n) is 7.31. The molecule has 0 heterocycles. The summed E-state index contributed by atoms with van der Waals surface area (Å²) in [6.07, 6.45) is 12.9. The summed E-state index contributed by atoms with van der Waals surface area (Å²) in [6, 6.07) is 6.38. The van der Waals surface area contributed by atoms with Gasteiger partial charge in [-0.3, -0.25) is 0 Å². The Kier molecular flexibility index (Phi) is 4.96. The lowest BCUT2D eigenvalue weighted by atomic mass is 9.48. The molecule has 0 amide bonds. The van der Waals surface area contributed by atoms with Crippen molar-refractivity contribution in [2.45, 2.75) is 71.3 Å². The molecule has 5 rings (SSSR count). The maximum atomic E-state index is 13.1. The molecule has 0 spiro atoms. The van der Waals surface area contributed by atoms with Crippen molar-refractivity contribution in [1.82, 2.24) is 0 Å². The molecule has 0 aromatic heterocycles. The number of benzene rings is 1. The smallest absolute Gasteiger partial charge is 0.123 e. The number of aliphatic hydroxyl groups is 1. The highest BCUT2D eigenvalue weighted by molar-refractivity contribution is 5.93. The molecule has 160 valence electrons. The van der Waals surface area contributed by atoms with Crippen molar-refractivity contribution in [3.8, 4) is 0 Å². The van der Waals surface area contributed by atoms with Gasteiger partial charge in [0.15, 0.2) is 0 Å². The molecule has 0 saturated heterocycles. The Morgan fingerprint density at radius 3 is 2.57 bits per heavy atom. The van der Waals surface area contributed by atoms with E-state index in [1.165, 1.54) is 42.7 Å². The number of rotatable bonds is 2. The van der Waals surface area contributed by atoms with Crippen LogP contribution in [0.2, 0.25) is 0 Å². The van der Waals surface area contributed by atoms with Gasteiger partial charge in [0, 0.05) is 11.1 Å². The minimum Gasteiger partial charge on any atom is -0.393 e. The molecule has 1 N–H and O–H groups in total. The van der Waals surface area contributed by atoms with Gasteiger partial charge in [0.05, 0.1) is 12.3 Å². The van der Waals surface area contributed by atoms with Crippen LogP contribution >= 0.6 is 0 Å². The average Bonchev–Trinajstić information content (AvgIpc) is 3.06. The van der Waals surface area contributed by atoms with Gasteiger partial charge in [0.1, 0.15) is 5.82 Å². The zero-order valence-electron chi connectivity index (χ0n) is 18.1. The fourth-order valence-corrected chi connectivity index (χ4v) is 7.31. The maximum Gasteiger partial charge on any atom is 0.123 e. The van der Waals surface area contributed by atoms with E-state index in [0.717, 1.165) is 49.5 Å². The van der Waals surface area contributed by atoms with Crippen LogP contribution in [-0.4, -0.2) is 23.1 Å². The minimum absolute atomic E-state index is 0.140. The summed E-state index contributed by atoms with van der Waals surface area (Å²) in [4.78, 5) is 0. The third-order valence-corrected chi connectivity index (χ3v) is 9.07. The van der Waals surface area contributed by atoms with Gasteiger partial charge in [-0.2, -0.15) is 10.2 Å². The van der Waals surface area contributed by atoms with Gasteiger partial charge >= 0.3 is 0 Å². The Morgan fingerprint density at radius 1 is 1.03 bits per heavy atom. The van der Waals surface area contributed by atoms with Crippen LogP contribution in [-0.2, 0) is 0 Å². The second-order valence-corrected chi connectivity index (χ2v) is 10.5. The molecular weight excluding hydrogens is 375 g/mol. The highest BCUT2D eigenvalue weighted by atomic mass is 19.1. The van der Waals surface area contributed by atoms with E-state index in [1.807, 2.05) is 0 Å². The molecule has 4 heteroatoms. The topological polar surface area (TPSA) is 45.0 Å². The van der Waals surface area contributed by atoms with E-state index >= 15 is 0 Å². The predicted molar refractivity (Wildman–Crippen MR) is 119 cm³/mol. The maximum absolute atomic E-state index is 13.1. The number of fused-ring (bicyclic) bond motifs is 5. The molecule has 3 nitrogen and oxygen atoms in total. The van der Waals surface area contributed by atoms with Crippen LogP contribution in [0.4, 0.5) is 4.39 Å². The van der Waals surface area contributed by atoms with Crippen LogP contribution in [0.1, 0.15) is 70.8 Å². The van der Waals surface area contributed by atoms with Gasteiger partial charge in [0.2, 0.25) is 0 Å². The first kappa shape index (κ1) is 20.1. The SMILES string of the molecule is C[C@]12CC[C@H](O)CC1=CC[C@@H]1[C@@H]2CC[C@]2(C)C(=NN=Cc3ccc(F)cc3)CC[C@@H]12. The third kappa shape index (κ3) is 3.19. The lowest BCUT2D eigenvalue weighted by molar-refractivity contribution is -0.0209. The minimum atomic E-state index is -0.229. The van der Waals surface area contributed by atoms with Crippen molar-refractivity contribution in [2.75, 3.05) is 0 Å². The fraction of sp³-hybridized carbons (Fsp3) is 0.615. The molecule has 0 unspecified atom stereocenters. The molecular formula is C26H33FN2O. The molecule has 4 aliphatic carbocycles. The molecule has 30 heavy (non-hydrogen) atoms. The summed E-state index contributed by atoms with van der Waals surface area (Å²) >= 11 is 0. The Balaban J connectivity index is 1.37. The Labute approximate surface area is 179 Å². The number of halogens is 1. The van der Waals surface area contributed by atoms with Gasteiger partial charge in [-0.05, 0) is 92.2 Å². The molecule has 1 aromatic carbocycles. The number of hydrogen-bond acceptors (Lipinski definition) is 3. The van der Waals surface area contributed by atoms with Gasteiger partial charge in [-0.15, -0.1) is 0 Å². The number of aliphatic hydroxyl groups excluding tert-OH is 1. The summed E-state index contributed by atoms with van der Waals surface area (Å²) in [5.74, 6) is 1.91. The Morgan fingerprint density at radius 2 is 1.77 bits per heavy atom. The molecule has 4 aliphatic rings. The second kappa shape index (κ2) is 7.40. The lowest BCUT2D eigenvalue weighted by Gasteiger charge is -2.57. The van der Waals surface area contributed by atoms with Crippen LogP contribution < -0.4 is 0 Å². The van der Waals surface area contributed by atoms with Crippen molar-refractivity contribution >= 4 is 11.9 Å². The van der Waals surface area contributed by atoms with E-state index in [4.69, 9.17) is 0 Å². The van der Waals surface area contributed by atoms with Gasteiger partial charge in [-0.25, -0.2) is 4.39 Å².